The van der Waals surface area contributed by atoms with Gasteiger partial charge in [-0.15, -0.1) is 0 Å². The van der Waals surface area contributed by atoms with Gasteiger partial charge in [0, 0.05) is 48.6 Å². The molecular weight excluding hydrogens is 769 g/mol. The maximum Gasteiger partial charge on any atom is 0.471 e. The third-order valence-electron chi connectivity index (χ3n) is 8.83. The number of aliphatic carboxylic acids is 1. The number of carboxylic acids is 1. The summed E-state index contributed by atoms with van der Waals surface area (Å²) >= 11 is 0. The molecule has 0 spiro atoms. The van der Waals surface area contributed by atoms with Crippen LogP contribution in [0.25, 0.3) is 0 Å². The van der Waals surface area contributed by atoms with Crippen molar-refractivity contribution in [2.75, 3.05) is 43.9 Å². The van der Waals surface area contributed by atoms with Crippen LogP contribution in [0.3, 0.4) is 0 Å². The standard InChI is InChI=1S/C37H39F3N10O8/c1-57-26-14-4-21(5-15-26)19-27(46-31(54)23-8-12-25(13-9-23)45-36-47-34(58-48-36)37(38,39)40)32(55)50-18-17-49(20-29(51)52)33(56)28(50)3-2-16-43-30(53)22-6-10-24(11-7-22)44-35(41)42/h4-15,27-28H,2-3,16-20H2,1H3,(H,43,53)(H,45,48)(H,46,54)(H,51,52)(H4,41,42,44). The molecule has 2 heterocycles. The summed E-state index contributed by atoms with van der Waals surface area (Å²) in [5.74, 6) is -5.27. The average Bonchev–Trinajstić information content (AvgIpc) is 3.67. The van der Waals surface area contributed by atoms with E-state index in [1.165, 1.54) is 48.4 Å². The van der Waals surface area contributed by atoms with E-state index in [4.69, 9.17) is 15.9 Å². The number of halogens is 3. The van der Waals surface area contributed by atoms with Gasteiger partial charge in [-0.3, -0.25) is 29.4 Å². The highest BCUT2D eigenvalue weighted by molar-refractivity contribution is 5.99. The number of anilines is 3. The first-order chi connectivity index (χ1) is 27.6. The van der Waals surface area contributed by atoms with Gasteiger partial charge in [0.25, 0.3) is 17.8 Å². The number of alkyl halides is 3. The van der Waals surface area contributed by atoms with Gasteiger partial charge < -0.3 is 51.2 Å². The van der Waals surface area contributed by atoms with Crippen LogP contribution in [0.15, 0.2) is 77.3 Å². The lowest BCUT2D eigenvalue weighted by atomic mass is 9.99. The second-order valence-electron chi connectivity index (χ2n) is 12.9. The van der Waals surface area contributed by atoms with E-state index in [0.29, 0.717) is 22.6 Å². The zero-order chi connectivity index (χ0) is 42.0. The minimum atomic E-state index is -4.84. The van der Waals surface area contributed by atoms with E-state index in [0.717, 1.165) is 4.90 Å². The van der Waals surface area contributed by atoms with Gasteiger partial charge in [0.05, 0.1) is 7.11 Å². The summed E-state index contributed by atoms with van der Waals surface area (Å²) in [7, 11) is 1.49. The smallest absolute Gasteiger partial charge is 0.471 e. The normalized spacial score (nSPS) is 14.6. The van der Waals surface area contributed by atoms with Crippen LogP contribution in [0, 0.1) is 5.41 Å². The topological polar surface area (TPSA) is 258 Å². The Kier molecular flexibility index (Phi) is 13.5. The lowest BCUT2D eigenvalue weighted by molar-refractivity contribution is -0.159. The van der Waals surface area contributed by atoms with E-state index in [9.17, 15) is 42.3 Å². The largest absolute Gasteiger partial charge is 0.497 e. The molecule has 0 bridgehead atoms. The van der Waals surface area contributed by atoms with Crippen molar-refractivity contribution < 1.29 is 51.5 Å². The van der Waals surface area contributed by atoms with Crippen LogP contribution in [-0.4, -0.2) is 106 Å². The highest BCUT2D eigenvalue weighted by Crippen LogP contribution is 2.29. The van der Waals surface area contributed by atoms with Gasteiger partial charge in [-0.1, -0.05) is 12.1 Å². The Morgan fingerprint density at radius 1 is 0.983 bits per heavy atom. The second-order valence-corrected chi connectivity index (χ2v) is 12.9. The predicted octanol–water partition coefficient (Wildman–Crippen LogP) is 2.82. The molecular formula is C37H39F3N10O8. The van der Waals surface area contributed by atoms with Crippen LogP contribution in [0.1, 0.15) is 45.0 Å². The van der Waals surface area contributed by atoms with Crippen molar-refractivity contribution >= 4 is 52.9 Å². The number of hydrogen-bond donors (Lipinski definition) is 7. The number of carbonyl (C=O) groups is 5. The fourth-order valence-electron chi connectivity index (χ4n) is 6.02. The van der Waals surface area contributed by atoms with Gasteiger partial charge in [0.1, 0.15) is 24.4 Å². The Morgan fingerprint density at radius 3 is 2.21 bits per heavy atom. The average molecular weight is 809 g/mol. The summed E-state index contributed by atoms with van der Waals surface area (Å²) in [6, 6.07) is 16.1. The number of rotatable bonds is 16. The molecule has 1 aromatic heterocycles. The van der Waals surface area contributed by atoms with Crippen LogP contribution in [0.5, 0.6) is 5.75 Å². The summed E-state index contributed by atoms with van der Waals surface area (Å²) in [4.78, 5) is 71.8. The van der Waals surface area contributed by atoms with Crippen molar-refractivity contribution in [1.29, 1.82) is 5.41 Å². The van der Waals surface area contributed by atoms with E-state index in [1.807, 2.05) is 0 Å². The Balaban J connectivity index is 1.31. The Hall–Kier alpha value is -7.19. The molecule has 0 aliphatic carbocycles. The monoisotopic (exact) mass is 808 g/mol. The Morgan fingerprint density at radius 2 is 1.62 bits per heavy atom. The third kappa shape index (κ3) is 11.2. The molecule has 58 heavy (non-hydrogen) atoms. The number of carboxylic acid groups (broad SMARTS) is 1. The minimum Gasteiger partial charge on any atom is -0.497 e. The summed E-state index contributed by atoms with van der Waals surface area (Å²) in [5.41, 5.74) is 7.12. The van der Waals surface area contributed by atoms with Crippen LogP contribution < -0.4 is 31.7 Å². The number of benzene rings is 3. The first-order valence-corrected chi connectivity index (χ1v) is 17.6. The summed E-state index contributed by atoms with van der Waals surface area (Å²) in [6.45, 7) is -0.613. The molecule has 0 saturated carbocycles. The van der Waals surface area contributed by atoms with Gasteiger partial charge >= 0.3 is 18.0 Å². The number of carbonyl (C=O) groups excluding carboxylic acids is 4. The molecule has 4 amide bonds. The lowest BCUT2D eigenvalue weighted by Gasteiger charge is -2.41. The van der Waals surface area contributed by atoms with E-state index < -0.39 is 66.2 Å². The maximum atomic E-state index is 14.4. The van der Waals surface area contributed by atoms with Gasteiger partial charge in [-0.2, -0.15) is 18.2 Å². The zero-order valence-electron chi connectivity index (χ0n) is 30.8. The lowest BCUT2D eigenvalue weighted by Crippen LogP contribution is -2.63. The summed E-state index contributed by atoms with van der Waals surface area (Å²) < 4.78 is 48.0. The van der Waals surface area contributed by atoms with Crippen molar-refractivity contribution in [3.8, 4) is 5.75 Å². The second kappa shape index (κ2) is 18.6. The number of ether oxygens (including phenoxy) is 1. The molecule has 1 aliphatic heterocycles. The third-order valence-corrected chi connectivity index (χ3v) is 8.83. The van der Waals surface area contributed by atoms with Crippen LogP contribution >= 0.6 is 0 Å². The molecule has 18 nitrogen and oxygen atoms in total. The van der Waals surface area contributed by atoms with Crippen molar-refractivity contribution in [1.82, 2.24) is 30.6 Å². The molecule has 1 saturated heterocycles. The first kappa shape index (κ1) is 42.0. The van der Waals surface area contributed by atoms with Crippen molar-refractivity contribution in [3.63, 3.8) is 0 Å². The molecule has 5 rings (SSSR count). The molecule has 2 unspecified atom stereocenters. The fourth-order valence-corrected chi connectivity index (χ4v) is 6.02. The minimum absolute atomic E-state index is 0.0133. The SMILES string of the molecule is COc1ccc(CC(NC(=O)c2ccc(Nc3noc(C(F)(F)F)n3)cc2)C(=O)N2CCN(CC(=O)O)C(=O)C2CCCNC(=O)c2ccc(NC(=N)N)cc2)cc1. The Bertz CT molecular complexity index is 2110. The van der Waals surface area contributed by atoms with Crippen molar-refractivity contribution in [2.45, 2.75) is 37.5 Å². The molecule has 2 atom stereocenters. The predicted molar refractivity (Wildman–Crippen MR) is 200 cm³/mol. The van der Waals surface area contributed by atoms with Crippen LogP contribution in [0.2, 0.25) is 0 Å². The van der Waals surface area contributed by atoms with Gasteiger partial charge in [0.2, 0.25) is 11.8 Å². The van der Waals surface area contributed by atoms with Gasteiger partial charge in [-0.05, 0) is 84.2 Å². The number of piperazine rings is 1. The quantitative estimate of drug-likeness (QED) is 0.0489. The van der Waals surface area contributed by atoms with E-state index in [-0.39, 0.29) is 56.1 Å². The zero-order valence-corrected chi connectivity index (χ0v) is 30.8. The molecule has 1 fully saturated rings. The number of nitrogens with zero attached hydrogens (tertiary/aromatic N) is 4. The molecule has 1 aliphatic rings. The molecule has 21 heteroatoms. The Labute approximate surface area is 328 Å². The maximum absolute atomic E-state index is 14.4. The highest BCUT2D eigenvalue weighted by Gasteiger charge is 2.41. The van der Waals surface area contributed by atoms with E-state index >= 15 is 0 Å². The van der Waals surface area contributed by atoms with Crippen LogP contribution in [-0.2, 0) is 27.0 Å². The van der Waals surface area contributed by atoms with Crippen LogP contribution in [0.4, 0.5) is 30.5 Å². The number of nitrogens with one attached hydrogen (secondary N) is 5. The number of nitrogens with two attached hydrogens (primary N) is 1. The van der Waals surface area contributed by atoms with Crippen molar-refractivity contribution in [3.05, 3.63) is 95.4 Å². The summed E-state index contributed by atoms with van der Waals surface area (Å²) in [5, 5.41) is 30.7. The first-order valence-electron chi connectivity index (χ1n) is 17.6. The molecule has 3 aromatic carbocycles. The van der Waals surface area contributed by atoms with Crippen molar-refractivity contribution in [2.24, 2.45) is 5.73 Å². The number of methoxy groups -OCH3 is 1. The number of aromatic nitrogens is 2. The highest BCUT2D eigenvalue weighted by atomic mass is 19.4. The number of hydrogen-bond acceptors (Lipinski definition) is 11. The summed E-state index contributed by atoms with van der Waals surface area (Å²) in [6.07, 6.45) is -4.59. The fraction of sp³-hybridized carbons (Fsp3) is 0.297. The van der Waals surface area contributed by atoms with E-state index in [1.54, 1.807) is 36.4 Å². The number of guanidine groups is 1. The molecule has 306 valence electrons. The molecule has 0 radical (unpaired) electrons. The van der Waals surface area contributed by atoms with E-state index in [2.05, 4.69) is 35.9 Å². The number of amides is 4. The molecule has 4 aromatic rings. The van der Waals surface area contributed by atoms with Gasteiger partial charge in [0.15, 0.2) is 5.96 Å². The molecule has 8 N–H and O–H groups in total. The van der Waals surface area contributed by atoms with Gasteiger partial charge in [-0.25, -0.2) is 0 Å².